The first kappa shape index (κ1) is 20.9. The van der Waals surface area contributed by atoms with Crippen LogP contribution in [0.5, 0.6) is 0 Å². The van der Waals surface area contributed by atoms with Crippen molar-refractivity contribution in [3.8, 4) is 0 Å². The quantitative estimate of drug-likeness (QED) is 0.427. The number of carbonyl (C=O) groups is 1. The molecule has 0 saturated carbocycles. The molecule has 1 aliphatic heterocycles. The molecule has 0 bridgehead atoms. The minimum Gasteiger partial charge on any atom is -0.462 e. The van der Waals surface area contributed by atoms with E-state index in [1.807, 2.05) is 6.92 Å². The maximum Gasteiger partial charge on any atom is 0.348 e. The third-order valence-electron chi connectivity index (χ3n) is 4.85. The van der Waals surface area contributed by atoms with Gasteiger partial charge in [0, 0.05) is 6.61 Å². The normalized spacial score (nSPS) is 17.5. The SMILES string of the molecule is CCOC(=O)c1sc2nc(C(C)Sc3nnnn3CC3CCCO3)[nH]c(=O)c2c1C. The topological polar surface area (TPSA) is 125 Å². The zero-order chi connectivity index (χ0) is 21.3. The van der Waals surface area contributed by atoms with Crippen molar-refractivity contribution >= 4 is 39.3 Å². The molecular formula is C18H22N6O4S2. The molecule has 1 saturated heterocycles. The standard InChI is InChI=1S/C18H22N6O4S2/c1-4-27-17(26)13-9(2)12-15(25)19-14(20-16(12)30-13)10(3)29-18-21-22-23-24(18)8-11-6-5-7-28-11/h10-11H,4-8H2,1-3H3,(H,19,20,25). The van der Waals surface area contributed by atoms with Crippen LogP contribution < -0.4 is 5.56 Å². The van der Waals surface area contributed by atoms with Gasteiger partial charge in [-0.25, -0.2) is 14.5 Å². The number of aryl methyl sites for hydroxylation is 1. The lowest BCUT2D eigenvalue weighted by Gasteiger charge is -2.12. The van der Waals surface area contributed by atoms with Crippen molar-refractivity contribution in [2.75, 3.05) is 13.2 Å². The molecule has 0 aliphatic carbocycles. The number of thiophene rings is 1. The zero-order valence-electron chi connectivity index (χ0n) is 16.9. The van der Waals surface area contributed by atoms with Gasteiger partial charge in [0.1, 0.15) is 15.5 Å². The number of esters is 1. The maximum atomic E-state index is 12.7. The molecule has 160 valence electrons. The number of carbonyl (C=O) groups excluding carboxylic acids is 1. The summed E-state index contributed by atoms with van der Waals surface area (Å²) in [5.74, 6) is 0.0653. The summed E-state index contributed by atoms with van der Waals surface area (Å²) >= 11 is 2.58. The van der Waals surface area contributed by atoms with Gasteiger partial charge in [0.2, 0.25) is 5.16 Å². The van der Waals surface area contributed by atoms with E-state index in [2.05, 4.69) is 25.5 Å². The number of tetrazole rings is 1. The molecule has 2 atom stereocenters. The van der Waals surface area contributed by atoms with Crippen molar-refractivity contribution in [1.29, 1.82) is 0 Å². The lowest BCUT2D eigenvalue weighted by molar-refractivity contribution is 0.0531. The lowest BCUT2D eigenvalue weighted by atomic mass is 10.2. The third-order valence-corrected chi connectivity index (χ3v) is 7.09. The monoisotopic (exact) mass is 450 g/mol. The van der Waals surface area contributed by atoms with E-state index in [0.717, 1.165) is 19.4 Å². The van der Waals surface area contributed by atoms with Gasteiger partial charge in [-0.15, -0.1) is 16.4 Å². The number of aromatic amines is 1. The van der Waals surface area contributed by atoms with Crippen LogP contribution in [0.15, 0.2) is 9.95 Å². The molecule has 1 aliphatic rings. The highest BCUT2D eigenvalue weighted by molar-refractivity contribution is 7.99. The predicted octanol–water partition coefficient (Wildman–Crippen LogP) is 2.49. The summed E-state index contributed by atoms with van der Waals surface area (Å²) in [4.78, 5) is 33.2. The summed E-state index contributed by atoms with van der Waals surface area (Å²) in [5, 5.41) is 12.8. The van der Waals surface area contributed by atoms with Crippen molar-refractivity contribution < 1.29 is 14.3 Å². The first-order valence-corrected chi connectivity index (χ1v) is 11.4. The number of hydrogen-bond acceptors (Lipinski definition) is 10. The Morgan fingerprint density at radius 1 is 1.50 bits per heavy atom. The molecule has 4 heterocycles. The summed E-state index contributed by atoms with van der Waals surface area (Å²) < 4.78 is 12.5. The fourth-order valence-electron chi connectivity index (χ4n) is 3.34. The van der Waals surface area contributed by atoms with Crippen LogP contribution in [0.2, 0.25) is 0 Å². The van der Waals surface area contributed by atoms with Gasteiger partial charge in [-0.05, 0) is 49.6 Å². The van der Waals surface area contributed by atoms with E-state index in [4.69, 9.17) is 9.47 Å². The fraction of sp³-hybridized carbons (Fsp3) is 0.556. The highest BCUT2D eigenvalue weighted by Crippen LogP contribution is 2.34. The first-order chi connectivity index (χ1) is 14.5. The van der Waals surface area contributed by atoms with E-state index in [-0.39, 0.29) is 23.5 Å². The number of fused-ring (bicyclic) bond motifs is 1. The second-order valence-corrected chi connectivity index (χ2v) is 9.25. The Morgan fingerprint density at radius 2 is 2.33 bits per heavy atom. The Kier molecular flexibility index (Phi) is 6.16. The first-order valence-electron chi connectivity index (χ1n) is 9.72. The minimum atomic E-state index is -0.435. The van der Waals surface area contributed by atoms with Crippen LogP contribution in [0.4, 0.5) is 0 Å². The number of aromatic nitrogens is 6. The average Bonchev–Trinajstić information content (AvgIpc) is 3.44. The van der Waals surface area contributed by atoms with E-state index in [1.54, 1.807) is 18.5 Å². The molecule has 10 nitrogen and oxygen atoms in total. The summed E-state index contributed by atoms with van der Waals surface area (Å²) in [6.07, 6.45) is 2.16. The number of thioether (sulfide) groups is 1. The van der Waals surface area contributed by atoms with Gasteiger partial charge in [-0.1, -0.05) is 11.8 Å². The number of hydrogen-bond donors (Lipinski definition) is 1. The summed E-state index contributed by atoms with van der Waals surface area (Å²) in [6.45, 7) is 7.04. The van der Waals surface area contributed by atoms with Crippen molar-refractivity contribution in [3.63, 3.8) is 0 Å². The second kappa shape index (κ2) is 8.82. The average molecular weight is 451 g/mol. The van der Waals surface area contributed by atoms with Crippen molar-refractivity contribution in [1.82, 2.24) is 30.2 Å². The van der Waals surface area contributed by atoms with Crippen LogP contribution in [0.3, 0.4) is 0 Å². The van der Waals surface area contributed by atoms with Crippen LogP contribution in [0.1, 0.15) is 53.0 Å². The zero-order valence-corrected chi connectivity index (χ0v) is 18.5. The Bertz CT molecular complexity index is 1120. The minimum absolute atomic E-state index is 0.118. The van der Waals surface area contributed by atoms with E-state index in [1.165, 1.54) is 23.1 Å². The number of ether oxygens (including phenoxy) is 2. The Balaban J connectivity index is 1.58. The van der Waals surface area contributed by atoms with Gasteiger partial charge in [0.25, 0.3) is 5.56 Å². The highest BCUT2D eigenvalue weighted by atomic mass is 32.2. The molecule has 1 N–H and O–H groups in total. The molecule has 0 amide bonds. The Hall–Kier alpha value is -2.31. The van der Waals surface area contributed by atoms with E-state index >= 15 is 0 Å². The number of nitrogens with one attached hydrogen (secondary N) is 1. The van der Waals surface area contributed by atoms with Crippen LogP contribution in [-0.2, 0) is 16.0 Å². The van der Waals surface area contributed by atoms with Gasteiger partial charge >= 0.3 is 5.97 Å². The predicted molar refractivity (Wildman–Crippen MR) is 112 cm³/mol. The Labute approximate surface area is 180 Å². The summed E-state index contributed by atoms with van der Waals surface area (Å²) in [6, 6.07) is 0. The fourth-order valence-corrected chi connectivity index (χ4v) is 5.27. The summed E-state index contributed by atoms with van der Waals surface area (Å²) in [5.41, 5.74) is 0.320. The van der Waals surface area contributed by atoms with E-state index in [0.29, 0.717) is 38.2 Å². The summed E-state index contributed by atoms with van der Waals surface area (Å²) in [7, 11) is 0. The Morgan fingerprint density at radius 3 is 3.07 bits per heavy atom. The number of rotatable bonds is 7. The van der Waals surface area contributed by atoms with Crippen LogP contribution in [0.25, 0.3) is 10.2 Å². The largest absolute Gasteiger partial charge is 0.462 e. The maximum absolute atomic E-state index is 12.7. The molecule has 2 unspecified atom stereocenters. The van der Waals surface area contributed by atoms with Crippen LogP contribution >= 0.6 is 23.1 Å². The molecular weight excluding hydrogens is 428 g/mol. The van der Waals surface area contributed by atoms with Crippen LogP contribution in [-0.4, -0.2) is 55.5 Å². The highest BCUT2D eigenvalue weighted by Gasteiger charge is 2.24. The molecule has 1 fully saturated rings. The van der Waals surface area contributed by atoms with Crippen molar-refractivity contribution in [2.45, 2.75) is 56.7 Å². The lowest BCUT2D eigenvalue weighted by Crippen LogP contribution is -2.17. The molecule has 0 radical (unpaired) electrons. The molecule has 3 aromatic rings. The van der Waals surface area contributed by atoms with Gasteiger partial charge < -0.3 is 14.5 Å². The van der Waals surface area contributed by atoms with E-state index in [9.17, 15) is 9.59 Å². The smallest absolute Gasteiger partial charge is 0.348 e. The number of H-pyrrole nitrogens is 1. The number of nitrogens with zero attached hydrogens (tertiary/aromatic N) is 5. The van der Waals surface area contributed by atoms with Gasteiger partial charge in [0.15, 0.2) is 0 Å². The van der Waals surface area contributed by atoms with E-state index < -0.39 is 5.97 Å². The van der Waals surface area contributed by atoms with Gasteiger partial charge in [-0.2, -0.15) is 0 Å². The van der Waals surface area contributed by atoms with Gasteiger partial charge in [0.05, 0.1) is 29.9 Å². The molecule has 0 aromatic carbocycles. The molecule has 3 aromatic heterocycles. The third kappa shape index (κ3) is 4.12. The molecule has 4 rings (SSSR count). The second-order valence-electron chi connectivity index (χ2n) is 6.95. The van der Waals surface area contributed by atoms with Crippen LogP contribution in [0, 0.1) is 6.92 Å². The van der Waals surface area contributed by atoms with Crippen molar-refractivity contribution in [2.24, 2.45) is 0 Å². The van der Waals surface area contributed by atoms with Crippen molar-refractivity contribution in [3.05, 3.63) is 26.6 Å². The molecule has 0 spiro atoms. The molecule has 12 heteroatoms. The molecule has 30 heavy (non-hydrogen) atoms. The van der Waals surface area contributed by atoms with Gasteiger partial charge in [-0.3, -0.25) is 4.79 Å².